The van der Waals surface area contributed by atoms with Gasteiger partial charge in [0.25, 0.3) is 0 Å². The van der Waals surface area contributed by atoms with Gasteiger partial charge in [-0.2, -0.15) is 0 Å². The highest BCUT2D eigenvalue weighted by atomic mass is 31.2. The Morgan fingerprint density at radius 3 is 0.806 bits per heavy atom. The van der Waals surface area contributed by atoms with E-state index in [-0.39, 0.29) is 38.6 Å². The third-order valence-electron chi connectivity index (χ3n) is 20.9. The first-order valence-electron chi connectivity index (χ1n) is 45.8. The molecule has 9 nitrogen and oxygen atoms in total. The van der Waals surface area contributed by atoms with Crippen LogP contribution in [0.2, 0.25) is 0 Å². The average Bonchev–Trinajstić information content (AvgIpc) is 0.970. The van der Waals surface area contributed by atoms with E-state index >= 15 is 0 Å². The topological polar surface area (TPSA) is 134 Å². The quantitative estimate of drug-likeness (QED) is 0.0264. The molecule has 0 spiro atoms. The molecule has 10 heteroatoms. The van der Waals surface area contributed by atoms with Crippen LogP contribution in [0.4, 0.5) is 0 Å². The van der Waals surface area contributed by atoms with Gasteiger partial charge in [-0.3, -0.25) is 18.6 Å². The van der Waals surface area contributed by atoms with Crippen molar-refractivity contribution < 1.29 is 37.6 Å². The molecule has 0 aromatic rings. The van der Waals surface area contributed by atoms with Crippen molar-refractivity contribution in [3.05, 3.63) is 60.8 Å². The molecule has 0 rings (SSSR count). The van der Waals surface area contributed by atoms with Crippen LogP contribution >= 0.6 is 7.82 Å². The first-order valence-corrected chi connectivity index (χ1v) is 47.3. The van der Waals surface area contributed by atoms with Gasteiger partial charge in [-0.15, -0.1) is 0 Å². The van der Waals surface area contributed by atoms with Crippen LogP contribution in [0.1, 0.15) is 489 Å². The summed E-state index contributed by atoms with van der Waals surface area (Å²) in [5, 5.41) is 0. The van der Waals surface area contributed by atoms with Crippen molar-refractivity contribution in [1.29, 1.82) is 0 Å². The molecule has 606 valence electrons. The maximum atomic E-state index is 12.8. The summed E-state index contributed by atoms with van der Waals surface area (Å²) >= 11 is 0. The SMILES string of the molecule is CC/C=C\C/C=C\C/C=C\C/C=C\CCCCCCCCCCCCCCCCCCCCCCCCCCCCCCC(=O)OC(COC(=O)CCCCCCCCCCCCCCCCCCCCCCCCCCCCCCC/C=C\CCCCCCCCCC)COP(=O)(O)OCCN. The van der Waals surface area contributed by atoms with Crippen molar-refractivity contribution in [3.63, 3.8) is 0 Å². The van der Waals surface area contributed by atoms with E-state index in [1.54, 1.807) is 0 Å². The molecule has 0 bridgehead atoms. The molecule has 0 aliphatic carbocycles. The molecule has 3 N–H and O–H groups in total. The van der Waals surface area contributed by atoms with E-state index in [1.165, 1.54) is 398 Å². The van der Waals surface area contributed by atoms with Gasteiger partial charge in [0.05, 0.1) is 13.2 Å². The van der Waals surface area contributed by atoms with Crippen molar-refractivity contribution in [2.75, 3.05) is 26.4 Å². The predicted molar refractivity (Wildman–Crippen MR) is 450 cm³/mol. The summed E-state index contributed by atoms with van der Waals surface area (Å²) in [7, 11) is -4.40. The molecule has 0 aromatic heterocycles. The Kier molecular flexibility index (Phi) is 86.6. The molecule has 0 amide bonds. The molecule has 0 fully saturated rings. The number of carbonyl (C=O) groups is 2. The highest BCUT2D eigenvalue weighted by Crippen LogP contribution is 2.43. The van der Waals surface area contributed by atoms with Gasteiger partial charge in [0, 0.05) is 19.4 Å². The van der Waals surface area contributed by atoms with E-state index < -0.39 is 26.5 Å². The number of hydrogen-bond donors (Lipinski definition) is 2. The third kappa shape index (κ3) is 88.5. The zero-order valence-electron chi connectivity index (χ0n) is 68.8. The Morgan fingerprint density at radius 2 is 0.534 bits per heavy atom. The number of nitrogens with two attached hydrogens (primary N) is 1. The Hall–Kier alpha value is -2.29. The Labute approximate surface area is 641 Å². The zero-order chi connectivity index (χ0) is 74.3. The van der Waals surface area contributed by atoms with E-state index in [4.69, 9.17) is 24.3 Å². The summed E-state index contributed by atoms with van der Waals surface area (Å²) in [4.78, 5) is 35.6. The number of phosphoric acid groups is 1. The molecule has 0 saturated carbocycles. The standard InChI is InChI=1S/C93H176NO8P/c1-3-5-7-9-11-13-15-17-19-21-23-25-27-29-31-33-35-37-39-41-43-45-47-49-51-53-55-57-59-61-63-65-67-69-71-73-75-77-79-81-83-85-92(95)99-89-91(90-101-103(97,98)100-88-87-94)102-93(96)86-84-82-80-78-76-74-72-70-68-66-64-62-60-58-56-54-52-50-48-46-44-42-40-38-36-34-32-30-28-26-24-22-20-18-16-14-12-10-8-6-4-2/h6,8,12,14,18,20-21,23-24,26,91H,3-5,7,9-11,13,15-17,19,22,25,27-90,94H2,1-2H3,(H,97,98)/b8-6-,14-12-,20-18-,23-21-,26-24-. The highest BCUT2D eigenvalue weighted by Gasteiger charge is 2.26. The van der Waals surface area contributed by atoms with Gasteiger partial charge in [0.2, 0.25) is 0 Å². The number of unbranched alkanes of at least 4 members (excludes halogenated alkanes) is 65. The summed E-state index contributed by atoms with van der Waals surface area (Å²) in [6.45, 7) is 3.72. The van der Waals surface area contributed by atoms with Crippen molar-refractivity contribution in [3.8, 4) is 0 Å². The molecule has 0 saturated heterocycles. The smallest absolute Gasteiger partial charge is 0.462 e. The Bertz CT molecular complexity index is 1880. The minimum absolute atomic E-state index is 0.0565. The maximum absolute atomic E-state index is 12.8. The molecule has 103 heavy (non-hydrogen) atoms. The van der Waals surface area contributed by atoms with Crippen LogP contribution < -0.4 is 5.73 Å². The van der Waals surface area contributed by atoms with Crippen LogP contribution in [-0.4, -0.2) is 49.3 Å². The van der Waals surface area contributed by atoms with E-state index in [2.05, 4.69) is 74.6 Å². The van der Waals surface area contributed by atoms with Crippen LogP contribution in [0.5, 0.6) is 0 Å². The third-order valence-corrected chi connectivity index (χ3v) is 21.9. The largest absolute Gasteiger partial charge is 0.472 e. The number of phosphoric ester groups is 1. The van der Waals surface area contributed by atoms with Gasteiger partial charge in [-0.05, 0) is 77.0 Å². The fraction of sp³-hybridized carbons (Fsp3) is 0.871. The molecule has 0 aromatic carbocycles. The molecule has 2 unspecified atom stereocenters. The van der Waals surface area contributed by atoms with E-state index in [9.17, 15) is 19.0 Å². The van der Waals surface area contributed by atoms with Gasteiger partial charge < -0.3 is 20.1 Å². The lowest BCUT2D eigenvalue weighted by Crippen LogP contribution is -2.29. The lowest BCUT2D eigenvalue weighted by atomic mass is 10.0. The molecule has 0 radical (unpaired) electrons. The molecule has 0 aliphatic heterocycles. The number of ether oxygens (including phenoxy) is 2. The summed E-state index contributed by atoms with van der Waals surface area (Å²) in [5.74, 6) is -0.798. The van der Waals surface area contributed by atoms with Crippen LogP contribution in [0, 0.1) is 0 Å². The Morgan fingerprint density at radius 1 is 0.301 bits per heavy atom. The number of esters is 2. The lowest BCUT2D eigenvalue weighted by molar-refractivity contribution is -0.161. The Balaban J connectivity index is 3.68. The normalized spacial score (nSPS) is 13.0. The van der Waals surface area contributed by atoms with Gasteiger partial charge in [0.1, 0.15) is 6.61 Å². The van der Waals surface area contributed by atoms with Crippen molar-refractivity contribution in [1.82, 2.24) is 0 Å². The van der Waals surface area contributed by atoms with Crippen molar-refractivity contribution in [2.24, 2.45) is 5.73 Å². The fourth-order valence-corrected chi connectivity index (χ4v) is 14.9. The maximum Gasteiger partial charge on any atom is 0.472 e. The van der Waals surface area contributed by atoms with E-state index in [0.29, 0.717) is 6.42 Å². The van der Waals surface area contributed by atoms with Crippen LogP contribution in [0.15, 0.2) is 60.8 Å². The van der Waals surface area contributed by atoms with Crippen LogP contribution in [0.3, 0.4) is 0 Å². The molecule has 0 aliphatic rings. The minimum atomic E-state index is -4.40. The van der Waals surface area contributed by atoms with Gasteiger partial charge >= 0.3 is 19.8 Å². The molecule has 2 atom stereocenters. The summed E-state index contributed by atoms with van der Waals surface area (Å²) in [5.41, 5.74) is 5.43. The van der Waals surface area contributed by atoms with Gasteiger partial charge in [-0.1, -0.05) is 460 Å². The van der Waals surface area contributed by atoms with Gasteiger partial charge in [0.15, 0.2) is 6.10 Å². The van der Waals surface area contributed by atoms with Gasteiger partial charge in [-0.25, -0.2) is 4.57 Å². The first-order chi connectivity index (χ1) is 50.8. The second kappa shape index (κ2) is 88.6. The minimum Gasteiger partial charge on any atom is -0.462 e. The molecular weight excluding hydrogens is 1290 g/mol. The number of rotatable bonds is 88. The molecule has 0 heterocycles. The number of carbonyl (C=O) groups excluding carboxylic acids is 2. The highest BCUT2D eigenvalue weighted by molar-refractivity contribution is 7.47. The fourth-order valence-electron chi connectivity index (χ4n) is 14.2. The lowest BCUT2D eigenvalue weighted by Gasteiger charge is -2.19. The van der Waals surface area contributed by atoms with E-state index in [0.717, 1.165) is 57.8 Å². The van der Waals surface area contributed by atoms with Crippen molar-refractivity contribution in [2.45, 2.75) is 495 Å². The zero-order valence-corrected chi connectivity index (χ0v) is 69.7. The molecular formula is C93H176NO8P. The monoisotopic (exact) mass is 1470 g/mol. The number of allylic oxidation sites excluding steroid dienone is 10. The number of hydrogen-bond acceptors (Lipinski definition) is 8. The second-order valence-corrected chi connectivity index (χ2v) is 32.6. The first kappa shape index (κ1) is 101. The van der Waals surface area contributed by atoms with Crippen molar-refractivity contribution >= 4 is 19.8 Å². The average molecular weight is 1470 g/mol. The predicted octanol–water partition coefficient (Wildman–Crippen LogP) is 31.2. The summed E-state index contributed by atoms with van der Waals surface area (Å²) < 4.78 is 33.4. The van der Waals surface area contributed by atoms with Crippen LogP contribution in [0.25, 0.3) is 0 Å². The second-order valence-electron chi connectivity index (χ2n) is 31.1. The summed E-state index contributed by atoms with van der Waals surface area (Å²) in [6.07, 6.45) is 119. The summed E-state index contributed by atoms with van der Waals surface area (Å²) in [6, 6.07) is 0. The van der Waals surface area contributed by atoms with Crippen LogP contribution in [-0.2, 0) is 32.7 Å². The van der Waals surface area contributed by atoms with E-state index in [1.807, 2.05) is 0 Å².